The van der Waals surface area contributed by atoms with E-state index in [9.17, 15) is 39.3 Å². The van der Waals surface area contributed by atoms with E-state index in [1.807, 2.05) is 0 Å². The summed E-state index contributed by atoms with van der Waals surface area (Å²) in [5.74, 6) is 0. The molecule has 0 spiro atoms. The number of hydrogen-bond acceptors (Lipinski definition) is 12. The van der Waals surface area contributed by atoms with Crippen molar-refractivity contribution < 1.29 is 57.4 Å². The smallest absolute Gasteiger partial charge is 0.276 e. The molecule has 1 heterocycles. The SMILES string of the molecule is CC(C)=CCC/C(C)=C/CC/C(C)=C/CC/C(C)=C\CC/C(C)=C\CC/C(C)=C\CC/C(C)=C\CC/C(C)=C\CC/C(C)=C\CC/C(C)=C\CC/C(C)=C\COP(=O)([O-])OP(=O)([O-])O[C@H]1O[C@H](CO)[C@H](O)[C@H](O)[C@H]1O. The third-order valence-corrected chi connectivity index (χ3v) is 15.9. The Balaban J connectivity index is 2.29. The zero-order valence-electron chi connectivity index (χ0n) is 48.2. The Morgan fingerprint density at radius 1 is 0.413 bits per heavy atom. The molecule has 75 heavy (non-hydrogen) atoms. The van der Waals surface area contributed by atoms with Crippen molar-refractivity contribution in [2.45, 2.75) is 242 Å². The molecule has 1 aliphatic rings. The highest BCUT2D eigenvalue weighted by Gasteiger charge is 2.45. The number of phosphoric acid groups is 2. The maximum absolute atomic E-state index is 12.2. The van der Waals surface area contributed by atoms with Gasteiger partial charge in [-0.3, -0.25) is 13.7 Å². The molecule has 1 fully saturated rings. The Morgan fingerprint density at radius 3 is 0.947 bits per heavy atom. The van der Waals surface area contributed by atoms with Gasteiger partial charge < -0.3 is 39.5 Å². The second-order valence-corrected chi connectivity index (χ2v) is 24.2. The van der Waals surface area contributed by atoms with E-state index in [1.165, 1.54) is 68.2 Å². The van der Waals surface area contributed by atoms with E-state index in [0.29, 0.717) is 6.42 Å². The Labute approximate surface area is 454 Å². The lowest BCUT2D eigenvalue weighted by atomic mass is 10.00. The van der Waals surface area contributed by atoms with Crippen molar-refractivity contribution in [1.82, 2.24) is 0 Å². The van der Waals surface area contributed by atoms with Crippen LogP contribution in [0.25, 0.3) is 0 Å². The molecule has 0 radical (unpaired) electrons. The van der Waals surface area contributed by atoms with Crippen LogP contribution in [-0.4, -0.2) is 64.3 Å². The zero-order chi connectivity index (χ0) is 56.4. The molecular weight excluding hydrogens is 987 g/mol. The van der Waals surface area contributed by atoms with Crippen molar-refractivity contribution >= 4 is 15.6 Å². The van der Waals surface area contributed by atoms with Crippen molar-refractivity contribution in [3.05, 3.63) is 128 Å². The molecule has 0 saturated carbocycles. The van der Waals surface area contributed by atoms with Crippen molar-refractivity contribution in [2.75, 3.05) is 13.2 Å². The number of aliphatic hydroxyl groups excluding tert-OH is 4. The summed E-state index contributed by atoms with van der Waals surface area (Å²) in [6.07, 6.45) is 36.9. The lowest BCUT2D eigenvalue weighted by molar-refractivity contribution is -0.304. The minimum Gasteiger partial charge on any atom is -0.756 e. The lowest BCUT2D eigenvalue weighted by Crippen LogP contribution is -2.59. The number of rotatable bonds is 38. The monoisotopic (exact) mass is 1090 g/mol. The van der Waals surface area contributed by atoms with Gasteiger partial charge in [-0.25, -0.2) is 4.31 Å². The summed E-state index contributed by atoms with van der Waals surface area (Å²) in [4.78, 5) is 24.4. The highest BCUT2D eigenvalue weighted by atomic mass is 31.3. The van der Waals surface area contributed by atoms with Gasteiger partial charge in [-0.2, -0.15) is 0 Å². The van der Waals surface area contributed by atoms with Crippen LogP contribution in [0.3, 0.4) is 0 Å². The molecule has 12 nitrogen and oxygen atoms in total. The minimum atomic E-state index is -5.70. The predicted octanol–water partition coefficient (Wildman–Crippen LogP) is 15.0. The first kappa shape index (κ1) is 70.2. The molecular formula is C61H100O12P2-2. The highest BCUT2D eigenvalue weighted by Crippen LogP contribution is 2.56. The van der Waals surface area contributed by atoms with E-state index < -0.39 is 59.6 Å². The molecule has 4 N–H and O–H groups in total. The second kappa shape index (κ2) is 39.5. The van der Waals surface area contributed by atoms with Gasteiger partial charge in [0, 0.05) is 0 Å². The van der Waals surface area contributed by atoms with Gasteiger partial charge in [0.15, 0.2) is 6.29 Å². The Hall–Kier alpha value is -2.80. The van der Waals surface area contributed by atoms with Crippen molar-refractivity contribution in [2.24, 2.45) is 0 Å². The second-order valence-electron chi connectivity index (χ2n) is 21.2. The maximum Gasteiger partial charge on any atom is 0.276 e. The van der Waals surface area contributed by atoms with E-state index in [-0.39, 0.29) is 0 Å². The molecule has 0 aromatic carbocycles. The summed E-state index contributed by atoms with van der Waals surface area (Å²) in [6.45, 7) is 24.9. The summed E-state index contributed by atoms with van der Waals surface area (Å²) in [5, 5.41) is 38.8. The Kier molecular flexibility index (Phi) is 37.0. The molecule has 0 aromatic heterocycles. The molecule has 2 unspecified atom stereocenters. The van der Waals surface area contributed by atoms with Crippen molar-refractivity contribution in [3.63, 3.8) is 0 Å². The molecule has 0 bridgehead atoms. The maximum atomic E-state index is 12.2. The normalized spacial score (nSPS) is 22.1. The van der Waals surface area contributed by atoms with Crippen molar-refractivity contribution in [1.29, 1.82) is 0 Å². The van der Waals surface area contributed by atoms with Gasteiger partial charge >= 0.3 is 0 Å². The lowest BCUT2D eigenvalue weighted by Gasteiger charge is -2.41. The fourth-order valence-electron chi connectivity index (χ4n) is 8.24. The predicted molar refractivity (Wildman–Crippen MR) is 306 cm³/mol. The minimum absolute atomic E-state index is 0.489. The summed E-state index contributed by atoms with van der Waals surface area (Å²) in [6, 6.07) is 0. The van der Waals surface area contributed by atoms with Gasteiger partial charge in [-0.1, -0.05) is 128 Å². The molecule has 428 valence electrons. The summed E-state index contributed by atoms with van der Waals surface area (Å²) < 4.78 is 42.5. The molecule has 0 aliphatic carbocycles. The van der Waals surface area contributed by atoms with Crippen LogP contribution in [0.5, 0.6) is 0 Å². The number of aliphatic hydroxyl groups is 4. The fraction of sp³-hybridized carbons (Fsp3) is 0.639. The fourth-order valence-corrected chi connectivity index (χ4v) is 10.3. The van der Waals surface area contributed by atoms with Gasteiger partial charge in [0.25, 0.3) is 15.6 Å². The molecule has 1 saturated heterocycles. The van der Waals surface area contributed by atoms with Gasteiger partial charge in [-0.15, -0.1) is 0 Å². The number of allylic oxidation sites excluding steroid dienone is 21. The van der Waals surface area contributed by atoms with E-state index in [4.69, 9.17) is 4.74 Å². The van der Waals surface area contributed by atoms with Crippen LogP contribution in [-0.2, 0) is 27.2 Å². The topological polar surface area (TPSA) is 198 Å². The zero-order valence-corrected chi connectivity index (χ0v) is 50.0. The number of phosphoric ester groups is 2. The van der Waals surface area contributed by atoms with Crippen molar-refractivity contribution in [3.8, 4) is 0 Å². The average molecular weight is 1090 g/mol. The van der Waals surface area contributed by atoms with Crippen LogP contribution in [0.2, 0.25) is 0 Å². The van der Waals surface area contributed by atoms with E-state index in [1.54, 1.807) is 6.92 Å². The largest absolute Gasteiger partial charge is 0.756 e. The highest BCUT2D eigenvalue weighted by molar-refractivity contribution is 7.59. The summed E-state index contributed by atoms with van der Waals surface area (Å²) in [7, 11) is -11.1. The molecule has 1 rings (SSSR count). The summed E-state index contributed by atoms with van der Waals surface area (Å²) in [5.41, 5.74) is 15.2. The van der Waals surface area contributed by atoms with Crippen LogP contribution in [0.15, 0.2) is 128 Å². The van der Waals surface area contributed by atoms with Gasteiger partial charge in [0.1, 0.15) is 24.4 Å². The molecule has 1 aliphatic heterocycles. The molecule has 14 heteroatoms. The molecule has 0 amide bonds. The van der Waals surface area contributed by atoms with Crippen LogP contribution in [0.4, 0.5) is 0 Å². The third-order valence-electron chi connectivity index (χ3n) is 13.3. The molecule has 7 atom stereocenters. The van der Waals surface area contributed by atoms with Crippen LogP contribution in [0, 0.1) is 0 Å². The third kappa shape index (κ3) is 36.1. The van der Waals surface area contributed by atoms with E-state index in [2.05, 4.69) is 150 Å². The standard InChI is InChI=1S/C61H102O12P2/c1-46(2)23-13-24-47(3)25-14-26-48(4)27-15-28-49(5)29-16-30-50(6)31-17-32-51(7)33-18-34-52(8)35-19-36-53(9)37-20-38-54(10)39-21-40-55(11)41-22-42-56(12)43-44-70-74(66,67)73-75(68,69)72-61-60(65)59(64)58(63)57(45-62)71-61/h23,25,27,29,31,33,35,37,39,41,43,57-65H,13-22,24,26,28,30,32,34,36,38,40,42,44-45H2,1-12H3,(H,66,67)(H,68,69)/p-2/b47-25+,48-27+,49-29-,50-31-,51-33-,52-35-,53-37-,54-39-,55-41-,56-43-/t57-,58+,59+,60-,61-/m1/s1. The Morgan fingerprint density at radius 2 is 0.680 bits per heavy atom. The average Bonchev–Trinajstić information content (AvgIpc) is 3.31. The first-order valence-electron chi connectivity index (χ1n) is 27.5. The number of ether oxygens (including phenoxy) is 1. The van der Waals surface area contributed by atoms with Gasteiger partial charge in [0.2, 0.25) is 0 Å². The van der Waals surface area contributed by atoms with Crippen LogP contribution < -0.4 is 9.79 Å². The first-order valence-corrected chi connectivity index (χ1v) is 30.4. The molecule has 0 aromatic rings. The van der Waals surface area contributed by atoms with E-state index >= 15 is 0 Å². The quantitative estimate of drug-likeness (QED) is 0.0338. The Bertz CT molecular complexity index is 2130. The van der Waals surface area contributed by atoms with Crippen LogP contribution in [0.1, 0.15) is 212 Å². The number of hydrogen-bond donors (Lipinski definition) is 4. The van der Waals surface area contributed by atoms with E-state index in [0.717, 1.165) is 121 Å². The van der Waals surface area contributed by atoms with Gasteiger partial charge in [0.05, 0.1) is 13.2 Å². The van der Waals surface area contributed by atoms with Crippen LogP contribution >= 0.6 is 15.6 Å². The first-order chi connectivity index (χ1) is 35.3. The van der Waals surface area contributed by atoms with Gasteiger partial charge in [-0.05, 0) is 212 Å². The summed E-state index contributed by atoms with van der Waals surface area (Å²) >= 11 is 0.